The Hall–Kier alpha value is -1.51. The average Bonchev–Trinajstić information content (AvgIpc) is 2.38. The Morgan fingerprint density at radius 2 is 2.06 bits per heavy atom. The van der Waals surface area contributed by atoms with Crippen LogP contribution in [0.15, 0.2) is 18.2 Å². The summed E-state index contributed by atoms with van der Waals surface area (Å²) in [6.45, 7) is 2.66. The molecule has 0 saturated heterocycles. The molecule has 1 fully saturated rings. The molecular weight excluding hydrogens is 228 g/mol. The van der Waals surface area contributed by atoms with E-state index in [0.29, 0.717) is 23.8 Å². The van der Waals surface area contributed by atoms with Gasteiger partial charge >= 0.3 is 5.97 Å². The molecular formula is C15H20O3. The molecule has 0 radical (unpaired) electrons. The Kier molecular flexibility index (Phi) is 4.24. The molecule has 2 rings (SSSR count). The summed E-state index contributed by atoms with van der Waals surface area (Å²) in [5.74, 6) is 0.435. The molecule has 0 spiro atoms. The van der Waals surface area contributed by atoms with Crippen LogP contribution in [0.4, 0.5) is 0 Å². The first-order valence-corrected chi connectivity index (χ1v) is 6.63. The van der Waals surface area contributed by atoms with Gasteiger partial charge in [-0.25, -0.2) is 4.79 Å². The zero-order valence-corrected chi connectivity index (χ0v) is 10.8. The second-order valence-electron chi connectivity index (χ2n) is 5.10. The quantitative estimate of drug-likeness (QED) is 0.884. The lowest BCUT2D eigenvalue weighted by atomic mass is 9.90. The van der Waals surface area contributed by atoms with Crippen LogP contribution in [-0.4, -0.2) is 17.7 Å². The van der Waals surface area contributed by atoms with E-state index in [9.17, 15) is 4.79 Å². The van der Waals surface area contributed by atoms with Crippen molar-refractivity contribution in [3.05, 3.63) is 29.3 Å². The standard InChI is InChI=1S/C15H20O3/c1-11-7-8-13(15(16)17)9-14(11)18-10-12-5-3-2-4-6-12/h7-9,12H,2-6,10H2,1H3,(H,16,17). The zero-order chi connectivity index (χ0) is 13.0. The van der Waals surface area contributed by atoms with E-state index >= 15 is 0 Å². The number of hydrogen-bond donors (Lipinski definition) is 1. The van der Waals surface area contributed by atoms with E-state index in [1.165, 1.54) is 32.1 Å². The van der Waals surface area contributed by atoms with Crippen LogP contribution in [0.3, 0.4) is 0 Å². The topological polar surface area (TPSA) is 46.5 Å². The lowest BCUT2D eigenvalue weighted by Gasteiger charge is -2.22. The first-order chi connectivity index (χ1) is 8.66. The number of carbonyl (C=O) groups is 1. The van der Waals surface area contributed by atoms with Gasteiger partial charge in [-0.2, -0.15) is 0 Å². The van der Waals surface area contributed by atoms with Crippen molar-refractivity contribution in [3.63, 3.8) is 0 Å². The van der Waals surface area contributed by atoms with Gasteiger partial charge in [-0.3, -0.25) is 0 Å². The van der Waals surface area contributed by atoms with Crippen LogP contribution in [0.25, 0.3) is 0 Å². The monoisotopic (exact) mass is 248 g/mol. The summed E-state index contributed by atoms with van der Waals surface area (Å²) >= 11 is 0. The SMILES string of the molecule is Cc1ccc(C(=O)O)cc1OCC1CCCCC1. The summed E-state index contributed by atoms with van der Waals surface area (Å²) in [6, 6.07) is 5.05. The van der Waals surface area contributed by atoms with Crippen molar-refractivity contribution in [1.29, 1.82) is 0 Å². The molecule has 3 heteroatoms. The maximum Gasteiger partial charge on any atom is 0.335 e. The highest BCUT2D eigenvalue weighted by Gasteiger charge is 2.15. The third kappa shape index (κ3) is 3.25. The van der Waals surface area contributed by atoms with Gasteiger partial charge in [0.15, 0.2) is 0 Å². The average molecular weight is 248 g/mol. The van der Waals surface area contributed by atoms with E-state index in [4.69, 9.17) is 9.84 Å². The normalized spacial score (nSPS) is 16.5. The maximum atomic E-state index is 10.9. The van der Waals surface area contributed by atoms with Gasteiger partial charge in [-0.15, -0.1) is 0 Å². The fourth-order valence-corrected chi connectivity index (χ4v) is 2.45. The van der Waals surface area contributed by atoms with E-state index in [1.807, 2.05) is 6.92 Å². The highest BCUT2D eigenvalue weighted by atomic mass is 16.5. The molecule has 1 aromatic rings. The van der Waals surface area contributed by atoms with E-state index in [2.05, 4.69) is 0 Å². The number of aromatic carboxylic acids is 1. The second kappa shape index (κ2) is 5.89. The van der Waals surface area contributed by atoms with Crippen molar-refractivity contribution in [3.8, 4) is 5.75 Å². The zero-order valence-electron chi connectivity index (χ0n) is 10.8. The van der Waals surface area contributed by atoms with Crippen LogP contribution in [0.5, 0.6) is 5.75 Å². The molecule has 0 aromatic heterocycles. The molecule has 0 heterocycles. The Morgan fingerprint density at radius 3 is 2.72 bits per heavy atom. The summed E-state index contributed by atoms with van der Waals surface area (Å²) in [6.07, 6.45) is 6.39. The molecule has 98 valence electrons. The van der Waals surface area contributed by atoms with Gasteiger partial charge in [-0.1, -0.05) is 25.3 Å². The smallest absolute Gasteiger partial charge is 0.335 e. The minimum absolute atomic E-state index is 0.291. The van der Waals surface area contributed by atoms with Crippen molar-refractivity contribution < 1.29 is 14.6 Å². The molecule has 1 saturated carbocycles. The molecule has 0 unspecified atom stereocenters. The number of ether oxygens (including phenoxy) is 1. The first kappa shape index (κ1) is 12.9. The van der Waals surface area contributed by atoms with Crippen LogP contribution >= 0.6 is 0 Å². The van der Waals surface area contributed by atoms with Gasteiger partial charge in [0.1, 0.15) is 5.75 Å². The van der Waals surface area contributed by atoms with Gasteiger partial charge in [-0.05, 0) is 43.4 Å². The van der Waals surface area contributed by atoms with E-state index in [0.717, 1.165) is 5.56 Å². The third-order valence-electron chi connectivity index (χ3n) is 3.63. The predicted molar refractivity (Wildman–Crippen MR) is 70.2 cm³/mol. The van der Waals surface area contributed by atoms with E-state index in [1.54, 1.807) is 18.2 Å². The van der Waals surface area contributed by atoms with Crippen LogP contribution in [0, 0.1) is 12.8 Å². The molecule has 1 aromatic carbocycles. The number of carboxylic acids is 1. The Balaban J connectivity index is 1.99. The molecule has 1 aliphatic rings. The molecule has 18 heavy (non-hydrogen) atoms. The summed E-state index contributed by atoms with van der Waals surface area (Å²) in [7, 11) is 0. The van der Waals surface area contributed by atoms with Gasteiger partial charge in [0, 0.05) is 0 Å². The maximum absolute atomic E-state index is 10.9. The number of aryl methyl sites for hydroxylation is 1. The highest BCUT2D eigenvalue weighted by Crippen LogP contribution is 2.26. The summed E-state index contributed by atoms with van der Waals surface area (Å²) in [4.78, 5) is 10.9. The molecule has 0 bridgehead atoms. The molecule has 0 aliphatic heterocycles. The van der Waals surface area contributed by atoms with Crippen molar-refractivity contribution in [2.45, 2.75) is 39.0 Å². The number of hydrogen-bond acceptors (Lipinski definition) is 2. The number of carboxylic acid groups (broad SMARTS) is 1. The summed E-state index contributed by atoms with van der Waals surface area (Å²) in [5, 5.41) is 8.96. The van der Waals surface area contributed by atoms with E-state index in [-0.39, 0.29) is 0 Å². The predicted octanol–water partition coefficient (Wildman–Crippen LogP) is 3.65. The van der Waals surface area contributed by atoms with Crippen molar-refractivity contribution in [1.82, 2.24) is 0 Å². The minimum atomic E-state index is -0.905. The van der Waals surface area contributed by atoms with Crippen LogP contribution in [-0.2, 0) is 0 Å². The van der Waals surface area contributed by atoms with Crippen LogP contribution < -0.4 is 4.74 Å². The van der Waals surface area contributed by atoms with Crippen molar-refractivity contribution in [2.24, 2.45) is 5.92 Å². The van der Waals surface area contributed by atoms with Crippen LogP contribution in [0.1, 0.15) is 48.0 Å². The van der Waals surface area contributed by atoms with Crippen molar-refractivity contribution in [2.75, 3.05) is 6.61 Å². The number of benzene rings is 1. The van der Waals surface area contributed by atoms with Gasteiger partial charge in [0.25, 0.3) is 0 Å². The fourth-order valence-electron chi connectivity index (χ4n) is 2.45. The molecule has 1 N–H and O–H groups in total. The fraction of sp³-hybridized carbons (Fsp3) is 0.533. The summed E-state index contributed by atoms with van der Waals surface area (Å²) < 4.78 is 5.80. The van der Waals surface area contributed by atoms with Crippen LogP contribution in [0.2, 0.25) is 0 Å². The second-order valence-corrected chi connectivity index (χ2v) is 5.10. The summed E-state index contributed by atoms with van der Waals surface area (Å²) in [5.41, 5.74) is 1.29. The van der Waals surface area contributed by atoms with E-state index < -0.39 is 5.97 Å². The lowest BCUT2D eigenvalue weighted by molar-refractivity contribution is 0.0696. The lowest BCUT2D eigenvalue weighted by Crippen LogP contribution is -2.15. The van der Waals surface area contributed by atoms with Gasteiger partial charge < -0.3 is 9.84 Å². The van der Waals surface area contributed by atoms with Gasteiger partial charge in [0.05, 0.1) is 12.2 Å². The molecule has 3 nitrogen and oxygen atoms in total. The Morgan fingerprint density at radius 1 is 1.33 bits per heavy atom. The molecule has 0 atom stereocenters. The minimum Gasteiger partial charge on any atom is -0.493 e. The Bertz CT molecular complexity index is 420. The Labute approximate surface area is 108 Å². The first-order valence-electron chi connectivity index (χ1n) is 6.63. The molecule has 1 aliphatic carbocycles. The third-order valence-corrected chi connectivity index (χ3v) is 3.63. The van der Waals surface area contributed by atoms with Gasteiger partial charge in [0.2, 0.25) is 0 Å². The highest BCUT2D eigenvalue weighted by molar-refractivity contribution is 5.88. The largest absolute Gasteiger partial charge is 0.493 e. The number of rotatable bonds is 4. The van der Waals surface area contributed by atoms with Crippen molar-refractivity contribution >= 4 is 5.97 Å². The molecule has 0 amide bonds.